The highest BCUT2D eigenvalue weighted by molar-refractivity contribution is 7.89. The summed E-state index contributed by atoms with van der Waals surface area (Å²) in [5.41, 5.74) is 14.7. The molecule has 37 heteroatoms. The molecular weight excluding hydrogens is 1450 g/mol. The normalized spacial score (nSPS) is 11.3. The minimum Gasteiger partial charge on any atom is -0.495 e. The molecule has 4 aromatic carbocycles. The second kappa shape index (κ2) is 31.9. The number of aryl methyl sites for hydroxylation is 4. The van der Waals surface area contributed by atoms with E-state index in [4.69, 9.17) is 14.6 Å². The van der Waals surface area contributed by atoms with Gasteiger partial charge in [0.1, 0.15) is 41.3 Å². The van der Waals surface area contributed by atoms with Gasteiger partial charge in [-0.3, -0.25) is 41.0 Å². The number of halogens is 1. The second-order valence-electron chi connectivity index (χ2n) is 25.2. The molecule has 564 valence electrons. The van der Waals surface area contributed by atoms with Gasteiger partial charge in [-0.1, -0.05) is 18.2 Å². The molecule has 0 unspecified atom stereocenters. The number of methoxy groups -OCH3 is 1. The number of fused-ring (bicyclic) bond motifs is 4. The number of hydrogen-bond donors (Lipinski definition) is 5. The lowest BCUT2D eigenvalue weighted by atomic mass is 10.2. The van der Waals surface area contributed by atoms with Crippen LogP contribution in [0.15, 0.2) is 245 Å². The van der Waals surface area contributed by atoms with Crippen LogP contribution < -0.4 is 30.7 Å². The van der Waals surface area contributed by atoms with Crippen molar-refractivity contribution < 1.29 is 27.4 Å². The largest absolute Gasteiger partial charge is 0.495 e. The third-order valence-electron chi connectivity index (χ3n) is 17.4. The van der Waals surface area contributed by atoms with Crippen molar-refractivity contribution in [2.24, 2.45) is 28.2 Å². The van der Waals surface area contributed by atoms with Gasteiger partial charge >= 0.3 is 0 Å². The number of aliphatic hydroxyl groups excluding tert-OH is 1. The highest BCUT2D eigenvalue weighted by atomic mass is 32.2. The van der Waals surface area contributed by atoms with E-state index in [9.17, 15) is 12.8 Å². The summed E-state index contributed by atoms with van der Waals surface area (Å²) in [5.74, 6) is 2.88. The Kier molecular flexibility index (Phi) is 20.7. The van der Waals surface area contributed by atoms with Crippen LogP contribution in [0.3, 0.4) is 0 Å². The summed E-state index contributed by atoms with van der Waals surface area (Å²) >= 11 is 0. The predicted molar refractivity (Wildman–Crippen MR) is 416 cm³/mol. The molecule has 0 aliphatic carbocycles. The molecule has 14 aromatic heterocycles. The number of imidazole rings is 4. The average Bonchev–Trinajstić information content (AvgIpc) is 1.67. The number of nitrogens with zero attached hydrogens (tertiary/aromatic N) is 26. The van der Waals surface area contributed by atoms with Crippen molar-refractivity contribution in [1.82, 2.24) is 125 Å². The van der Waals surface area contributed by atoms with Crippen LogP contribution in [0.5, 0.6) is 11.5 Å². The number of sulfonamides is 1. The SMILES string of the molecule is COc1cc(Nc2nccn3c(-c4cnn(C)c4)cnc23)ccc1S(=O)(=O)N(C)C.Cn1cc(-c2cnc3c(Nc4ccc(-n5cncn5)c(F)c4)nccn23)cn1.Cn1cc(-c2cnc3c(Nc4ccc(Cn5cccn5)cc4)nccn23)cn1.Cn1cc(-c2cnc3c(Nc4cccc(OCCO)c4)nccn23)cn1. The molecule has 0 atom stereocenters. The fourth-order valence-corrected chi connectivity index (χ4v) is 13.0. The molecule has 0 fully saturated rings. The summed E-state index contributed by atoms with van der Waals surface area (Å²) in [5, 5.41) is 46.9. The van der Waals surface area contributed by atoms with E-state index in [-0.39, 0.29) is 23.9 Å². The first-order chi connectivity index (χ1) is 54.5. The number of aliphatic hydroxyl groups is 1. The molecule has 0 aliphatic heterocycles. The zero-order valence-corrected chi connectivity index (χ0v) is 61.9. The number of rotatable bonds is 21. The first-order valence-corrected chi connectivity index (χ1v) is 35.9. The molecule has 0 bridgehead atoms. The Labute approximate surface area is 637 Å². The van der Waals surface area contributed by atoms with Crippen LogP contribution in [0, 0.1) is 5.82 Å². The van der Waals surface area contributed by atoms with Crippen LogP contribution in [0.4, 0.5) is 50.4 Å². The van der Waals surface area contributed by atoms with Gasteiger partial charge in [-0.25, -0.2) is 66.7 Å². The summed E-state index contributed by atoms with van der Waals surface area (Å²) < 4.78 is 69.4. The van der Waals surface area contributed by atoms with Gasteiger partial charge in [0.15, 0.2) is 51.7 Å². The van der Waals surface area contributed by atoms with Gasteiger partial charge < -0.3 is 35.8 Å². The average molecular weight is 1520 g/mol. The van der Waals surface area contributed by atoms with Crippen molar-refractivity contribution in [3.05, 3.63) is 251 Å². The Morgan fingerprint density at radius 2 is 0.929 bits per heavy atom. The standard InChI is InChI=1S/C20H18N8.C19H21N7O3S.C18H14FN9.C18H18N6O2/c1-26-14-16(11-24-26)18-12-22-20-19(21-8-10-28(18)20)25-17-5-3-15(4-6-17)13-27-9-2-7-23-27;1-24(2)30(27,28)17-6-5-14(9-16(17)29-4)23-18-19-21-11-15(26(19)8-7-20-18)13-10-22-25(3)12-13;1-26-9-12(7-23-26)16-8-22-18-17(21-4-5-27(16)18)25-13-2-3-15(14(19)6-13)28-11-20-10-24-28;1-23-12-13(10-21-23)16-11-20-18-17(19-5-6-24(16)18)22-14-3-2-4-15(9-14)26-8-7-25/h2-12,14H,13H2,1H3,(H,21,25);5-12H,1-4H3,(H,20,23);2-11H,1H3,(H,21,25);2-6,9-12,25H,7-8H2,1H3,(H,19,22). The molecule has 18 aromatic rings. The topological polar surface area (TPSA) is 365 Å². The predicted octanol–water partition coefficient (Wildman–Crippen LogP) is 10.1. The van der Waals surface area contributed by atoms with Crippen LogP contribution in [0.1, 0.15) is 5.56 Å². The first-order valence-electron chi connectivity index (χ1n) is 34.5. The van der Waals surface area contributed by atoms with Gasteiger partial charge in [0.25, 0.3) is 0 Å². The van der Waals surface area contributed by atoms with Gasteiger partial charge in [0.05, 0.1) is 92.6 Å². The number of anilines is 8. The Morgan fingerprint density at radius 3 is 1.33 bits per heavy atom. The van der Waals surface area contributed by atoms with E-state index < -0.39 is 15.8 Å². The molecule has 0 saturated carbocycles. The summed E-state index contributed by atoms with van der Waals surface area (Å²) in [7, 11) is 8.25. The van der Waals surface area contributed by atoms with E-state index in [2.05, 4.69) is 109 Å². The van der Waals surface area contributed by atoms with Crippen molar-refractivity contribution in [3.8, 4) is 62.2 Å². The fourth-order valence-electron chi connectivity index (χ4n) is 12.0. The summed E-state index contributed by atoms with van der Waals surface area (Å²) in [6.07, 6.45) is 42.8. The van der Waals surface area contributed by atoms with E-state index in [0.29, 0.717) is 63.0 Å². The molecule has 5 N–H and O–H groups in total. The Hall–Kier alpha value is -14.9. The Balaban J connectivity index is 0.000000118. The quantitative estimate of drug-likeness (QED) is 0.0446. The number of aromatic nitrogens is 25. The molecular formula is C75H71FN30O5S. The number of nitrogens with one attached hydrogen (secondary N) is 4. The van der Waals surface area contributed by atoms with Gasteiger partial charge in [-0.2, -0.15) is 30.6 Å². The zero-order chi connectivity index (χ0) is 77.4. The molecule has 0 radical (unpaired) electrons. The van der Waals surface area contributed by atoms with Gasteiger partial charge in [0.2, 0.25) is 10.0 Å². The van der Waals surface area contributed by atoms with Crippen molar-refractivity contribution in [3.63, 3.8) is 0 Å². The summed E-state index contributed by atoms with van der Waals surface area (Å²) in [6.45, 7) is 0.978. The lowest BCUT2D eigenvalue weighted by Gasteiger charge is -2.16. The van der Waals surface area contributed by atoms with Crippen LogP contribution in [0.25, 0.3) is 73.3 Å². The number of benzene rings is 4. The van der Waals surface area contributed by atoms with E-state index in [1.54, 1.807) is 111 Å². The maximum absolute atomic E-state index is 14.5. The van der Waals surface area contributed by atoms with Crippen molar-refractivity contribution in [1.29, 1.82) is 0 Å². The fraction of sp³-hybridized carbons (Fsp3) is 0.133. The molecule has 112 heavy (non-hydrogen) atoms. The first kappa shape index (κ1) is 72.7. The molecule has 35 nitrogen and oxygen atoms in total. The minimum absolute atomic E-state index is 0.0241. The van der Waals surface area contributed by atoms with Crippen LogP contribution >= 0.6 is 0 Å². The maximum atomic E-state index is 14.5. The summed E-state index contributed by atoms with van der Waals surface area (Å²) in [6, 6.07) is 27.2. The molecule has 14 heterocycles. The lowest BCUT2D eigenvalue weighted by Crippen LogP contribution is -2.22. The molecule has 0 saturated heterocycles. The van der Waals surface area contributed by atoms with Gasteiger partial charge in [-0.05, 0) is 66.2 Å². The highest BCUT2D eigenvalue weighted by Crippen LogP contribution is 2.34. The van der Waals surface area contributed by atoms with Crippen LogP contribution in [-0.4, -0.2) is 173 Å². The number of hydrogen-bond acceptors (Lipinski definition) is 24. The smallest absolute Gasteiger partial charge is 0.246 e. The Bertz CT molecular complexity index is 6390. The number of ether oxygens (including phenoxy) is 2. The van der Waals surface area contributed by atoms with E-state index in [1.165, 1.54) is 56.2 Å². The lowest BCUT2D eigenvalue weighted by molar-refractivity contribution is 0.201. The van der Waals surface area contributed by atoms with E-state index >= 15 is 0 Å². The highest BCUT2D eigenvalue weighted by Gasteiger charge is 2.24. The Morgan fingerprint density at radius 1 is 0.482 bits per heavy atom. The molecule has 0 aliphatic rings. The maximum Gasteiger partial charge on any atom is 0.246 e. The van der Waals surface area contributed by atoms with Crippen molar-refractivity contribution in [2.75, 3.05) is 55.7 Å². The van der Waals surface area contributed by atoms with Crippen LogP contribution in [-0.2, 0) is 44.8 Å². The van der Waals surface area contributed by atoms with Crippen LogP contribution in [0.2, 0.25) is 0 Å². The third-order valence-corrected chi connectivity index (χ3v) is 19.2. The van der Waals surface area contributed by atoms with E-state index in [1.807, 2.05) is 161 Å². The second-order valence-corrected chi connectivity index (χ2v) is 27.3. The van der Waals surface area contributed by atoms with Gasteiger partial charge in [-0.15, -0.1) is 0 Å². The monoisotopic (exact) mass is 1520 g/mol. The molecule has 0 amide bonds. The van der Waals surface area contributed by atoms with E-state index in [0.717, 1.165) is 72.9 Å². The van der Waals surface area contributed by atoms with Crippen molar-refractivity contribution >= 4 is 78.6 Å². The minimum atomic E-state index is -3.63. The molecule has 18 rings (SSSR count). The summed E-state index contributed by atoms with van der Waals surface area (Å²) in [4.78, 5) is 39.6. The zero-order valence-electron chi connectivity index (χ0n) is 61.1. The van der Waals surface area contributed by atoms with Crippen molar-refractivity contribution in [2.45, 2.75) is 11.4 Å². The molecule has 0 spiro atoms. The van der Waals surface area contributed by atoms with Gasteiger partial charge in [0, 0.05) is 186 Å². The third kappa shape index (κ3) is 15.8.